The van der Waals surface area contributed by atoms with Crippen molar-refractivity contribution < 1.29 is 4.79 Å². The molecule has 1 aromatic carbocycles. The van der Waals surface area contributed by atoms with Gasteiger partial charge >= 0.3 is 0 Å². The molecule has 1 amide bonds. The van der Waals surface area contributed by atoms with Crippen LogP contribution in [0.3, 0.4) is 0 Å². The molecule has 0 aromatic heterocycles. The second kappa shape index (κ2) is 5.78. The third kappa shape index (κ3) is 2.96. The zero-order chi connectivity index (χ0) is 12.3. The number of rotatable bonds is 3. The van der Waals surface area contributed by atoms with Crippen LogP contribution in [-0.2, 0) is 4.79 Å². The lowest BCUT2D eigenvalue weighted by Crippen LogP contribution is -2.29. The molecule has 0 bridgehead atoms. The van der Waals surface area contributed by atoms with Crippen LogP contribution in [0.5, 0.6) is 0 Å². The minimum atomic E-state index is 0.146. The lowest BCUT2D eigenvalue weighted by atomic mass is 10.2. The summed E-state index contributed by atoms with van der Waals surface area (Å²) in [7, 11) is 0. The van der Waals surface area contributed by atoms with Crippen LogP contribution in [0.1, 0.15) is 30.7 Å². The topological polar surface area (TPSA) is 20.3 Å². The molecule has 92 valence electrons. The number of nitrogens with zero attached hydrogens (tertiary/aromatic N) is 1. The molecule has 1 aliphatic heterocycles. The Morgan fingerprint density at radius 3 is 3.12 bits per heavy atom. The summed E-state index contributed by atoms with van der Waals surface area (Å²) in [5.74, 6) is 1.26. The Hall–Kier alpha value is -0.670. The van der Waals surface area contributed by atoms with Crippen LogP contribution < -0.4 is 0 Å². The van der Waals surface area contributed by atoms with Crippen molar-refractivity contribution in [2.45, 2.75) is 25.1 Å². The predicted octanol–water partition coefficient (Wildman–Crippen LogP) is 3.71. The molecule has 0 spiro atoms. The molecule has 0 radical (unpaired) electrons. The fraction of sp³-hybridized carbons (Fsp3) is 0.462. The van der Waals surface area contributed by atoms with E-state index in [9.17, 15) is 4.79 Å². The normalized spacial score (nSPS) is 19.6. The maximum Gasteiger partial charge on any atom is 0.223 e. The van der Waals surface area contributed by atoms with Crippen LogP contribution in [0, 0.1) is 0 Å². The first kappa shape index (κ1) is 12.8. The molecule has 1 aromatic rings. The van der Waals surface area contributed by atoms with Crippen molar-refractivity contribution in [3.05, 3.63) is 34.9 Å². The van der Waals surface area contributed by atoms with Gasteiger partial charge in [-0.25, -0.2) is 0 Å². The van der Waals surface area contributed by atoms with Gasteiger partial charge in [0.25, 0.3) is 0 Å². The SMILES string of the molecule is CCCC(=O)N1CCS[C@H]1c1cccc(Cl)c1. The first-order chi connectivity index (χ1) is 8.22. The Bertz CT molecular complexity index is 410. The van der Waals surface area contributed by atoms with Crippen LogP contribution in [0.2, 0.25) is 5.02 Å². The Balaban J connectivity index is 2.17. The van der Waals surface area contributed by atoms with Crippen molar-refractivity contribution >= 4 is 29.3 Å². The third-order valence-electron chi connectivity index (χ3n) is 2.81. The molecule has 0 unspecified atom stereocenters. The van der Waals surface area contributed by atoms with Crippen LogP contribution >= 0.6 is 23.4 Å². The largest absolute Gasteiger partial charge is 0.326 e. The summed E-state index contributed by atoms with van der Waals surface area (Å²) in [6.07, 6.45) is 1.54. The second-order valence-electron chi connectivity index (χ2n) is 4.12. The van der Waals surface area contributed by atoms with Crippen LogP contribution in [-0.4, -0.2) is 23.1 Å². The number of carbonyl (C=O) groups is 1. The minimum Gasteiger partial charge on any atom is -0.326 e. The molecule has 4 heteroatoms. The quantitative estimate of drug-likeness (QED) is 0.834. The van der Waals surface area contributed by atoms with Gasteiger partial charge in [0.05, 0.1) is 0 Å². The summed E-state index contributed by atoms with van der Waals surface area (Å²) < 4.78 is 0. The van der Waals surface area contributed by atoms with Gasteiger partial charge in [0.15, 0.2) is 0 Å². The van der Waals surface area contributed by atoms with Crippen molar-refractivity contribution in [2.75, 3.05) is 12.3 Å². The minimum absolute atomic E-state index is 0.146. The van der Waals surface area contributed by atoms with Crippen molar-refractivity contribution in [3.8, 4) is 0 Å². The van der Waals surface area contributed by atoms with Crippen LogP contribution in [0.25, 0.3) is 0 Å². The second-order valence-corrected chi connectivity index (χ2v) is 5.74. The third-order valence-corrected chi connectivity index (χ3v) is 4.30. The molecular formula is C13H16ClNOS. The maximum atomic E-state index is 12.0. The summed E-state index contributed by atoms with van der Waals surface area (Å²) in [4.78, 5) is 14.0. The predicted molar refractivity (Wildman–Crippen MR) is 73.3 cm³/mol. The fourth-order valence-electron chi connectivity index (χ4n) is 2.02. The van der Waals surface area contributed by atoms with Crippen molar-refractivity contribution in [3.63, 3.8) is 0 Å². The highest BCUT2D eigenvalue weighted by molar-refractivity contribution is 7.99. The van der Waals surface area contributed by atoms with E-state index in [1.807, 2.05) is 47.9 Å². The lowest BCUT2D eigenvalue weighted by Gasteiger charge is -2.24. The average molecular weight is 270 g/mol. The van der Waals surface area contributed by atoms with Crippen LogP contribution in [0.4, 0.5) is 0 Å². The van der Waals surface area contributed by atoms with E-state index >= 15 is 0 Å². The summed E-state index contributed by atoms with van der Waals surface area (Å²) in [5, 5.41) is 0.880. The Kier molecular flexibility index (Phi) is 4.35. The zero-order valence-corrected chi connectivity index (χ0v) is 11.4. The highest BCUT2D eigenvalue weighted by Crippen LogP contribution is 2.38. The van der Waals surface area contributed by atoms with Gasteiger partial charge in [0.2, 0.25) is 5.91 Å². The van der Waals surface area contributed by atoms with Gasteiger partial charge in [-0.3, -0.25) is 4.79 Å². The van der Waals surface area contributed by atoms with Gasteiger partial charge in [-0.1, -0.05) is 30.7 Å². The van der Waals surface area contributed by atoms with E-state index in [1.54, 1.807) is 0 Å². The first-order valence-corrected chi connectivity index (χ1v) is 7.31. The van der Waals surface area contributed by atoms with Gasteiger partial charge in [-0.2, -0.15) is 0 Å². The monoisotopic (exact) mass is 269 g/mol. The number of amides is 1. The van der Waals surface area contributed by atoms with Crippen molar-refractivity contribution in [2.24, 2.45) is 0 Å². The number of hydrogen-bond acceptors (Lipinski definition) is 2. The molecule has 1 saturated heterocycles. The van der Waals surface area contributed by atoms with E-state index in [1.165, 1.54) is 0 Å². The molecule has 17 heavy (non-hydrogen) atoms. The van der Waals surface area contributed by atoms with Crippen molar-refractivity contribution in [1.29, 1.82) is 0 Å². The van der Waals surface area contributed by atoms with Crippen molar-refractivity contribution in [1.82, 2.24) is 4.90 Å². The number of carbonyl (C=O) groups excluding carboxylic acids is 1. The highest BCUT2D eigenvalue weighted by atomic mass is 35.5. The molecule has 1 heterocycles. The van der Waals surface area contributed by atoms with Gasteiger partial charge in [0, 0.05) is 23.7 Å². The first-order valence-electron chi connectivity index (χ1n) is 5.89. The fourth-order valence-corrected chi connectivity index (χ4v) is 3.49. The summed E-state index contributed by atoms with van der Waals surface area (Å²) in [6.45, 7) is 2.89. The van der Waals surface area contributed by atoms with Crippen LogP contribution in [0.15, 0.2) is 24.3 Å². The molecular weight excluding hydrogens is 254 g/mol. The van der Waals surface area contributed by atoms with Gasteiger partial charge < -0.3 is 4.90 Å². The molecule has 1 atom stereocenters. The van der Waals surface area contributed by atoms with Gasteiger partial charge in [-0.15, -0.1) is 11.8 Å². The molecule has 1 fully saturated rings. The molecule has 2 rings (SSSR count). The van der Waals surface area contributed by atoms with E-state index < -0.39 is 0 Å². The van der Waals surface area contributed by atoms with E-state index in [0.717, 1.165) is 29.3 Å². The molecule has 2 nitrogen and oxygen atoms in total. The van der Waals surface area contributed by atoms with E-state index in [0.29, 0.717) is 6.42 Å². The Morgan fingerprint density at radius 2 is 2.41 bits per heavy atom. The number of halogens is 1. The standard InChI is InChI=1S/C13H16ClNOS/c1-2-4-12(16)15-7-8-17-13(15)10-5-3-6-11(14)9-10/h3,5-6,9,13H,2,4,7-8H2,1H3/t13-/m0/s1. The van der Waals surface area contributed by atoms with E-state index in [2.05, 4.69) is 0 Å². The smallest absolute Gasteiger partial charge is 0.223 e. The molecule has 0 aliphatic carbocycles. The molecule has 0 saturated carbocycles. The highest BCUT2D eigenvalue weighted by Gasteiger charge is 2.29. The maximum absolute atomic E-state index is 12.0. The zero-order valence-electron chi connectivity index (χ0n) is 9.86. The molecule has 1 aliphatic rings. The summed E-state index contributed by atoms with van der Waals surface area (Å²) in [5.41, 5.74) is 1.13. The lowest BCUT2D eigenvalue weighted by molar-refractivity contribution is -0.131. The van der Waals surface area contributed by atoms with Gasteiger partial charge in [-0.05, 0) is 24.1 Å². The Morgan fingerprint density at radius 1 is 1.59 bits per heavy atom. The van der Waals surface area contributed by atoms with E-state index in [4.69, 9.17) is 11.6 Å². The van der Waals surface area contributed by atoms with Gasteiger partial charge in [0.1, 0.15) is 5.37 Å². The number of hydrogen-bond donors (Lipinski definition) is 0. The number of thioether (sulfide) groups is 1. The van der Waals surface area contributed by atoms with E-state index in [-0.39, 0.29) is 11.3 Å². The Labute approximate surface area is 111 Å². The number of benzene rings is 1. The molecule has 0 N–H and O–H groups in total. The average Bonchev–Trinajstić information content (AvgIpc) is 2.78. The summed E-state index contributed by atoms with van der Waals surface area (Å²) in [6, 6.07) is 7.81. The summed E-state index contributed by atoms with van der Waals surface area (Å²) >= 11 is 7.81.